The van der Waals surface area contributed by atoms with Crippen LogP contribution in [0.1, 0.15) is 26.5 Å². The molecule has 1 atom stereocenters. The summed E-state index contributed by atoms with van der Waals surface area (Å²) in [7, 11) is 0. The van der Waals surface area contributed by atoms with E-state index in [0.29, 0.717) is 5.69 Å². The molecule has 0 aliphatic rings. The summed E-state index contributed by atoms with van der Waals surface area (Å²) in [5.74, 6) is 0. The molecular weight excluding hydrogens is 356 g/mol. The highest BCUT2D eigenvalue weighted by molar-refractivity contribution is 9.11. The van der Waals surface area contributed by atoms with E-state index in [4.69, 9.17) is 0 Å². The summed E-state index contributed by atoms with van der Waals surface area (Å²) in [5.41, 5.74) is 0.667. The first-order chi connectivity index (χ1) is 7.30. The molecule has 16 heavy (non-hydrogen) atoms. The average Bonchev–Trinajstić information content (AvgIpc) is 2.14. The molecule has 88 valence electrons. The SMILES string of the molecule is CC(C)(C)[S+]([O-])N=Cc1ncc(Br)cc1Br. The molecule has 1 aromatic heterocycles. The van der Waals surface area contributed by atoms with Gasteiger partial charge >= 0.3 is 0 Å². The number of hydrogen-bond donors (Lipinski definition) is 0. The largest absolute Gasteiger partial charge is 0.591 e. The van der Waals surface area contributed by atoms with Crippen molar-refractivity contribution in [1.29, 1.82) is 0 Å². The third-order valence-electron chi connectivity index (χ3n) is 1.63. The lowest BCUT2D eigenvalue weighted by Crippen LogP contribution is -2.25. The Hall–Kier alpha value is 0.0900. The minimum Gasteiger partial charge on any atom is -0.591 e. The topological polar surface area (TPSA) is 48.3 Å². The van der Waals surface area contributed by atoms with Crippen LogP contribution in [0.3, 0.4) is 0 Å². The molecule has 0 aliphatic heterocycles. The second-order valence-corrected chi connectivity index (χ2v) is 7.82. The van der Waals surface area contributed by atoms with Crippen molar-refractivity contribution in [1.82, 2.24) is 4.98 Å². The smallest absolute Gasteiger partial charge is 0.144 e. The van der Waals surface area contributed by atoms with Crippen LogP contribution in [-0.2, 0) is 11.4 Å². The molecule has 1 rings (SSSR count). The fraction of sp³-hybridized carbons (Fsp3) is 0.400. The van der Waals surface area contributed by atoms with Crippen LogP contribution >= 0.6 is 31.9 Å². The summed E-state index contributed by atoms with van der Waals surface area (Å²) in [6.45, 7) is 5.64. The molecule has 0 saturated carbocycles. The standard InChI is InChI=1S/C10H12Br2N2OS/c1-10(2,3)16(15)14-6-9-8(12)4-7(11)5-13-9/h4-6H,1-3H3. The first-order valence-electron chi connectivity index (χ1n) is 4.58. The summed E-state index contributed by atoms with van der Waals surface area (Å²) in [5, 5.41) is 0. The zero-order chi connectivity index (χ0) is 12.3. The van der Waals surface area contributed by atoms with Crippen LogP contribution in [0.4, 0.5) is 0 Å². The van der Waals surface area contributed by atoms with E-state index in [0.717, 1.165) is 8.95 Å². The van der Waals surface area contributed by atoms with Crippen molar-refractivity contribution in [3.8, 4) is 0 Å². The van der Waals surface area contributed by atoms with E-state index in [2.05, 4.69) is 41.2 Å². The molecule has 0 aliphatic carbocycles. The molecule has 1 unspecified atom stereocenters. The molecule has 0 radical (unpaired) electrons. The third-order valence-corrected chi connectivity index (χ3v) is 4.04. The molecule has 1 heterocycles. The molecule has 0 aromatic carbocycles. The Morgan fingerprint density at radius 2 is 2.06 bits per heavy atom. The molecule has 0 fully saturated rings. The maximum Gasteiger partial charge on any atom is 0.144 e. The summed E-state index contributed by atoms with van der Waals surface area (Å²) in [6, 6.07) is 1.87. The monoisotopic (exact) mass is 366 g/mol. The summed E-state index contributed by atoms with van der Waals surface area (Å²) in [6.07, 6.45) is 3.20. The lowest BCUT2D eigenvalue weighted by atomic mass is 10.3. The lowest BCUT2D eigenvalue weighted by Gasteiger charge is -2.17. The maximum absolute atomic E-state index is 11.7. The summed E-state index contributed by atoms with van der Waals surface area (Å²) < 4.78 is 17.0. The van der Waals surface area contributed by atoms with Crippen molar-refractivity contribution < 1.29 is 4.55 Å². The van der Waals surface area contributed by atoms with E-state index in [1.165, 1.54) is 6.21 Å². The second-order valence-electron chi connectivity index (χ2n) is 4.12. The second kappa shape index (κ2) is 5.62. The Kier molecular flexibility index (Phi) is 4.97. The van der Waals surface area contributed by atoms with E-state index >= 15 is 0 Å². The van der Waals surface area contributed by atoms with Crippen LogP contribution in [0.15, 0.2) is 25.6 Å². The van der Waals surface area contributed by atoms with E-state index < -0.39 is 11.4 Å². The van der Waals surface area contributed by atoms with Gasteiger partial charge in [0.2, 0.25) is 0 Å². The maximum atomic E-state index is 11.7. The van der Waals surface area contributed by atoms with Gasteiger partial charge < -0.3 is 4.55 Å². The Labute approximate surface area is 115 Å². The van der Waals surface area contributed by atoms with E-state index in [9.17, 15) is 4.55 Å². The van der Waals surface area contributed by atoms with Gasteiger partial charge in [0.1, 0.15) is 28.0 Å². The fourth-order valence-electron chi connectivity index (χ4n) is 0.776. The van der Waals surface area contributed by atoms with Crippen LogP contribution < -0.4 is 0 Å². The highest BCUT2D eigenvalue weighted by Gasteiger charge is 2.25. The van der Waals surface area contributed by atoms with Crippen molar-refractivity contribution in [2.75, 3.05) is 0 Å². The minimum atomic E-state index is -1.25. The fourth-order valence-corrected chi connectivity index (χ4v) is 2.38. The molecule has 1 aromatic rings. The van der Waals surface area contributed by atoms with Gasteiger partial charge in [-0.15, -0.1) is 0 Å². The van der Waals surface area contributed by atoms with Gasteiger partial charge in [-0.25, -0.2) is 0 Å². The predicted octanol–water partition coefficient (Wildman–Crippen LogP) is 3.49. The predicted molar refractivity (Wildman–Crippen MR) is 75.1 cm³/mol. The van der Waals surface area contributed by atoms with Gasteiger partial charge in [0.05, 0.1) is 0 Å². The summed E-state index contributed by atoms with van der Waals surface area (Å²) in [4.78, 5) is 4.15. The van der Waals surface area contributed by atoms with E-state index in [1.807, 2.05) is 26.8 Å². The average molecular weight is 368 g/mol. The molecule has 0 amide bonds. The van der Waals surface area contributed by atoms with Gasteiger partial charge in [-0.2, -0.15) is 0 Å². The van der Waals surface area contributed by atoms with Gasteiger partial charge in [0, 0.05) is 15.1 Å². The highest BCUT2D eigenvalue weighted by Crippen LogP contribution is 2.20. The van der Waals surface area contributed by atoms with E-state index in [1.54, 1.807) is 6.20 Å². The third kappa shape index (κ3) is 4.16. The van der Waals surface area contributed by atoms with Gasteiger partial charge in [-0.05, 0) is 58.7 Å². The normalized spacial score (nSPS) is 14.4. The van der Waals surface area contributed by atoms with Crippen molar-refractivity contribution in [2.24, 2.45) is 4.40 Å². The van der Waals surface area contributed by atoms with Gasteiger partial charge in [0.25, 0.3) is 0 Å². The first kappa shape index (κ1) is 14.2. The Morgan fingerprint density at radius 1 is 1.44 bits per heavy atom. The zero-order valence-electron chi connectivity index (χ0n) is 9.20. The van der Waals surface area contributed by atoms with Crippen LogP contribution in [0, 0.1) is 0 Å². The number of rotatable bonds is 2. The highest BCUT2D eigenvalue weighted by atomic mass is 79.9. The van der Waals surface area contributed by atoms with Crippen molar-refractivity contribution in [3.63, 3.8) is 0 Å². The number of pyridine rings is 1. The molecule has 0 saturated heterocycles. The van der Waals surface area contributed by atoms with Crippen LogP contribution in [0.5, 0.6) is 0 Å². The lowest BCUT2D eigenvalue weighted by molar-refractivity contribution is 0.562. The molecule has 3 nitrogen and oxygen atoms in total. The number of hydrogen-bond acceptors (Lipinski definition) is 3. The summed E-state index contributed by atoms with van der Waals surface area (Å²) >= 11 is 5.42. The zero-order valence-corrected chi connectivity index (χ0v) is 13.2. The molecule has 0 N–H and O–H groups in total. The Morgan fingerprint density at radius 3 is 2.56 bits per heavy atom. The number of aromatic nitrogens is 1. The Balaban J connectivity index is 2.85. The number of halogens is 2. The van der Waals surface area contributed by atoms with Crippen LogP contribution in [0.25, 0.3) is 0 Å². The van der Waals surface area contributed by atoms with Crippen molar-refractivity contribution in [3.05, 3.63) is 26.9 Å². The molecule has 0 spiro atoms. The van der Waals surface area contributed by atoms with Crippen LogP contribution in [-0.4, -0.2) is 20.5 Å². The Bertz CT molecular complexity index is 404. The van der Waals surface area contributed by atoms with Crippen LogP contribution in [0.2, 0.25) is 0 Å². The molecule has 6 heteroatoms. The minimum absolute atomic E-state index is 0.349. The number of nitrogens with zero attached hydrogens (tertiary/aromatic N) is 2. The van der Waals surface area contributed by atoms with Gasteiger partial charge in [0.15, 0.2) is 0 Å². The van der Waals surface area contributed by atoms with Crippen molar-refractivity contribution in [2.45, 2.75) is 25.5 Å². The van der Waals surface area contributed by atoms with E-state index in [-0.39, 0.29) is 4.75 Å². The van der Waals surface area contributed by atoms with Gasteiger partial charge in [-0.3, -0.25) is 4.98 Å². The van der Waals surface area contributed by atoms with Crippen molar-refractivity contribution >= 4 is 49.4 Å². The van der Waals surface area contributed by atoms with Gasteiger partial charge in [-0.1, -0.05) is 4.40 Å². The molecule has 0 bridgehead atoms. The molecular formula is C10H12Br2N2OS. The quantitative estimate of drug-likeness (QED) is 0.593. The first-order valence-corrected chi connectivity index (χ1v) is 7.27.